The molecular weight excluding hydrogens is 457 g/mol. The van der Waals surface area contributed by atoms with E-state index >= 15 is 0 Å². The molecule has 1 spiro atoms. The molecule has 0 radical (unpaired) electrons. The van der Waals surface area contributed by atoms with Gasteiger partial charge in [0.25, 0.3) is 0 Å². The summed E-state index contributed by atoms with van der Waals surface area (Å²) in [7, 11) is 0. The number of carbonyl (C=O) groups is 1. The van der Waals surface area contributed by atoms with Crippen LogP contribution in [0.5, 0.6) is 0 Å². The van der Waals surface area contributed by atoms with Crippen molar-refractivity contribution in [2.24, 2.45) is 0 Å². The molecule has 0 saturated carbocycles. The van der Waals surface area contributed by atoms with Crippen molar-refractivity contribution in [3.05, 3.63) is 69.6 Å². The van der Waals surface area contributed by atoms with E-state index in [1.807, 2.05) is 30.9 Å². The second-order valence-corrected chi connectivity index (χ2v) is 9.85. The monoisotopic (exact) mass is 481 g/mol. The number of nitrogens with one attached hydrogen (secondary N) is 1. The van der Waals surface area contributed by atoms with Crippen LogP contribution in [0.4, 0.5) is 5.82 Å². The lowest BCUT2D eigenvalue weighted by molar-refractivity contribution is -0.131. The summed E-state index contributed by atoms with van der Waals surface area (Å²) >= 11 is 12.4. The minimum absolute atomic E-state index is 0.0874. The molecule has 0 aliphatic carbocycles. The number of hydrogen-bond donors (Lipinski definition) is 1. The average Bonchev–Trinajstić information content (AvgIpc) is 3.21. The van der Waals surface area contributed by atoms with E-state index in [1.54, 1.807) is 24.5 Å². The van der Waals surface area contributed by atoms with E-state index in [2.05, 4.69) is 21.4 Å². The van der Waals surface area contributed by atoms with Crippen molar-refractivity contribution in [1.29, 1.82) is 0 Å². The van der Waals surface area contributed by atoms with Crippen LogP contribution in [0, 0.1) is 6.92 Å². The van der Waals surface area contributed by atoms with E-state index in [0.29, 0.717) is 29.0 Å². The largest absolute Gasteiger partial charge is 0.363 e. The van der Waals surface area contributed by atoms with Crippen molar-refractivity contribution in [2.75, 3.05) is 18.4 Å². The first-order valence-corrected chi connectivity index (χ1v) is 11.9. The molecule has 2 atom stereocenters. The predicted octanol–water partition coefficient (Wildman–Crippen LogP) is 5.29. The van der Waals surface area contributed by atoms with Crippen LogP contribution in [-0.2, 0) is 11.2 Å². The van der Waals surface area contributed by atoms with Gasteiger partial charge in [-0.15, -0.1) is 0 Å². The number of pyridine rings is 1. The van der Waals surface area contributed by atoms with E-state index < -0.39 is 0 Å². The SMILES string of the molecule is Cc1nc2c(cc1-c1ncccn1)CC[C@@]1(CCN(C(=O)[C@@H](C)c3ccc(Cl)cc3Cl)C1)N2. The molecule has 170 valence electrons. The van der Waals surface area contributed by atoms with Gasteiger partial charge in [0.2, 0.25) is 5.91 Å². The summed E-state index contributed by atoms with van der Waals surface area (Å²) in [5.41, 5.74) is 3.67. The molecule has 3 aromatic rings. The highest BCUT2D eigenvalue weighted by Crippen LogP contribution is 2.39. The zero-order valence-corrected chi connectivity index (χ0v) is 20.1. The van der Waals surface area contributed by atoms with Crippen LogP contribution in [-0.4, -0.2) is 44.4 Å². The van der Waals surface area contributed by atoms with E-state index in [9.17, 15) is 4.79 Å². The van der Waals surface area contributed by atoms with E-state index in [1.165, 1.54) is 5.56 Å². The summed E-state index contributed by atoms with van der Waals surface area (Å²) in [5.74, 6) is 1.36. The van der Waals surface area contributed by atoms with Crippen molar-refractivity contribution in [1.82, 2.24) is 19.9 Å². The van der Waals surface area contributed by atoms with Crippen molar-refractivity contribution >= 4 is 34.9 Å². The molecular formula is C25H25Cl2N5O. The van der Waals surface area contributed by atoms with E-state index in [0.717, 1.165) is 41.9 Å². The van der Waals surface area contributed by atoms with Gasteiger partial charge in [0.1, 0.15) is 5.82 Å². The third-order valence-electron chi connectivity index (χ3n) is 6.82. The molecule has 2 aliphatic heterocycles. The Labute approximate surface area is 203 Å². The summed E-state index contributed by atoms with van der Waals surface area (Å²) < 4.78 is 0. The fourth-order valence-corrected chi connectivity index (χ4v) is 5.50. The van der Waals surface area contributed by atoms with Crippen LogP contribution >= 0.6 is 23.2 Å². The van der Waals surface area contributed by atoms with Gasteiger partial charge < -0.3 is 10.2 Å². The van der Waals surface area contributed by atoms with Crippen LogP contribution in [0.1, 0.15) is 42.5 Å². The molecule has 1 amide bonds. The van der Waals surface area contributed by atoms with Gasteiger partial charge in [0.05, 0.1) is 17.2 Å². The van der Waals surface area contributed by atoms with Gasteiger partial charge >= 0.3 is 0 Å². The van der Waals surface area contributed by atoms with E-state index in [4.69, 9.17) is 28.2 Å². The van der Waals surface area contributed by atoms with Crippen LogP contribution < -0.4 is 5.32 Å². The van der Waals surface area contributed by atoms with Crippen molar-refractivity contribution in [3.8, 4) is 11.4 Å². The number of rotatable bonds is 3. The molecule has 8 heteroatoms. The molecule has 0 unspecified atom stereocenters. The summed E-state index contributed by atoms with van der Waals surface area (Å²) in [6.07, 6.45) is 6.23. The highest BCUT2D eigenvalue weighted by Gasteiger charge is 2.43. The molecule has 1 aromatic carbocycles. The average molecular weight is 482 g/mol. The second-order valence-electron chi connectivity index (χ2n) is 9.00. The van der Waals surface area contributed by atoms with Gasteiger partial charge in [-0.1, -0.05) is 29.3 Å². The molecule has 2 aliphatic rings. The smallest absolute Gasteiger partial charge is 0.229 e. The van der Waals surface area contributed by atoms with Crippen LogP contribution in [0.3, 0.4) is 0 Å². The first-order chi connectivity index (χ1) is 15.8. The Kier molecular flexibility index (Phi) is 5.75. The fraction of sp³-hybridized carbons (Fsp3) is 0.360. The molecule has 2 aromatic heterocycles. The minimum Gasteiger partial charge on any atom is -0.363 e. The Balaban J connectivity index is 1.33. The summed E-state index contributed by atoms with van der Waals surface area (Å²) in [6.45, 7) is 5.26. The second kappa shape index (κ2) is 8.58. The number of hydrogen-bond acceptors (Lipinski definition) is 5. The zero-order chi connectivity index (χ0) is 23.2. The Hall–Kier alpha value is -2.70. The third kappa shape index (κ3) is 4.18. The summed E-state index contributed by atoms with van der Waals surface area (Å²) in [6, 6.07) is 9.27. The highest BCUT2D eigenvalue weighted by atomic mass is 35.5. The van der Waals surface area contributed by atoms with Crippen LogP contribution in [0.25, 0.3) is 11.4 Å². The zero-order valence-electron chi connectivity index (χ0n) is 18.6. The minimum atomic E-state index is -0.324. The number of likely N-dealkylation sites (tertiary alicyclic amines) is 1. The van der Waals surface area contributed by atoms with Crippen molar-refractivity contribution in [2.45, 2.75) is 44.6 Å². The lowest BCUT2D eigenvalue weighted by atomic mass is 9.86. The maximum atomic E-state index is 13.3. The maximum absolute atomic E-state index is 13.3. The molecule has 1 saturated heterocycles. The summed E-state index contributed by atoms with van der Waals surface area (Å²) in [4.78, 5) is 28.9. The van der Waals surface area contributed by atoms with Crippen LogP contribution in [0.2, 0.25) is 10.0 Å². The van der Waals surface area contributed by atoms with Crippen molar-refractivity contribution < 1.29 is 4.79 Å². The number of carbonyl (C=O) groups excluding carboxylic acids is 1. The number of nitrogens with zero attached hydrogens (tertiary/aromatic N) is 4. The summed E-state index contributed by atoms with van der Waals surface area (Å²) in [5, 5.41) is 4.78. The third-order valence-corrected chi connectivity index (χ3v) is 7.38. The Morgan fingerprint density at radius 1 is 1.18 bits per heavy atom. The normalized spacial score (nSPS) is 20.4. The number of halogens is 2. The first-order valence-electron chi connectivity index (χ1n) is 11.1. The van der Waals surface area contributed by atoms with Gasteiger partial charge in [0.15, 0.2) is 5.82 Å². The number of aryl methyl sites for hydroxylation is 2. The molecule has 6 nitrogen and oxygen atoms in total. The number of fused-ring (bicyclic) bond motifs is 1. The lowest BCUT2D eigenvalue weighted by Gasteiger charge is -2.36. The number of anilines is 1. The number of benzene rings is 1. The molecule has 33 heavy (non-hydrogen) atoms. The van der Waals surface area contributed by atoms with E-state index in [-0.39, 0.29) is 17.4 Å². The number of amides is 1. The first kappa shape index (κ1) is 22.1. The lowest BCUT2D eigenvalue weighted by Crippen LogP contribution is -2.46. The van der Waals surface area contributed by atoms with Crippen LogP contribution in [0.15, 0.2) is 42.7 Å². The topological polar surface area (TPSA) is 71.0 Å². The quantitative estimate of drug-likeness (QED) is 0.550. The fourth-order valence-electron chi connectivity index (χ4n) is 4.92. The Morgan fingerprint density at radius 2 is 1.97 bits per heavy atom. The molecule has 1 fully saturated rings. The van der Waals surface area contributed by atoms with Gasteiger partial charge in [-0.3, -0.25) is 4.79 Å². The Bertz CT molecular complexity index is 1220. The van der Waals surface area contributed by atoms with Gasteiger partial charge in [-0.05, 0) is 68.5 Å². The molecule has 4 heterocycles. The molecule has 1 N–H and O–H groups in total. The van der Waals surface area contributed by atoms with Gasteiger partial charge in [-0.25, -0.2) is 15.0 Å². The van der Waals surface area contributed by atoms with Crippen molar-refractivity contribution in [3.63, 3.8) is 0 Å². The standard InChI is InChI=1S/C25H25Cl2N5O/c1-15(19-5-4-18(26)13-21(19)27)24(33)32-11-8-25(14-32)7-6-17-12-20(16(2)30-22(17)31-25)23-28-9-3-10-29-23/h3-5,9-10,12-13,15H,6-8,11,14H2,1-2H3,(H,30,31)/t15-,25-/m0/s1. The predicted molar refractivity (Wildman–Crippen MR) is 131 cm³/mol. The molecule has 5 rings (SSSR count). The maximum Gasteiger partial charge on any atom is 0.229 e. The Morgan fingerprint density at radius 3 is 2.73 bits per heavy atom. The highest BCUT2D eigenvalue weighted by molar-refractivity contribution is 6.35. The molecule has 0 bridgehead atoms. The van der Waals surface area contributed by atoms with Gasteiger partial charge in [-0.2, -0.15) is 0 Å². The number of aromatic nitrogens is 3. The van der Waals surface area contributed by atoms with Gasteiger partial charge in [0, 0.05) is 41.1 Å².